The maximum atomic E-state index is 13.6. The van der Waals surface area contributed by atoms with Crippen molar-refractivity contribution in [1.29, 1.82) is 0 Å². The fourth-order valence-corrected chi connectivity index (χ4v) is 5.33. The number of nitrogens with one attached hydrogen (secondary N) is 2. The number of hydrogen-bond donors (Lipinski definition) is 3. The summed E-state index contributed by atoms with van der Waals surface area (Å²) in [6, 6.07) is 7.18. The fraction of sp³-hybridized carbons (Fsp3) is 0.500. The van der Waals surface area contributed by atoms with Gasteiger partial charge < -0.3 is 19.1 Å². The predicted octanol–water partition coefficient (Wildman–Crippen LogP) is 3.21. The number of ether oxygens (including phenoxy) is 2. The van der Waals surface area contributed by atoms with Gasteiger partial charge in [-0.25, -0.2) is 9.36 Å². The molecule has 1 aliphatic heterocycles. The van der Waals surface area contributed by atoms with Gasteiger partial charge in [-0.15, -0.1) is 11.6 Å². The van der Waals surface area contributed by atoms with Crippen molar-refractivity contribution in [3.05, 3.63) is 57.2 Å². The van der Waals surface area contributed by atoms with Gasteiger partial charge in [-0.3, -0.25) is 18.9 Å². The van der Waals surface area contributed by atoms with E-state index < -0.39 is 55.9 Å². The van der Waals surface area contributed by atoms with Gasteiger partial charge in [0.2, 0.25) is 0 Å². The zero-order valence-corrected chi connectivity index (χ0v) is 22.6. The lowest BCUT2D eigenvalue weighted by Gasteiger charge is -2.25. The third kappa shape index (κ3) is 7.04. The third-order valence-electron chi connectivity index (χ3n) is 5.15. The van der Waals surface area contributed by atoms with Crippen molar-refractivity contribution < 1.29 is 33.0 Å². The summed E-state index contributed by atoms with van der Waals surface area (Å²) in [5.74, 6) is -0.431. The number of H-pyrrole nitrogens is 1. The maximum Gasteiger partial charge on any atom is 0.459 e. The van der Waals surface area contributed by atoms with Crippen LogP contribution in [0.4, 0.5) is 0 Å². The number of aliphatic hydroxyl groups is 1. The first-order valence-electron chi connectivity index (χ1n) is 11.2. The molecule has 3 rings (SSSR count). The molecule has 1 fully saturated rings. The van der Waals surface area contributed by atoms with Gasteiger partial charge in [0.15, 0.2) is 6.23 Å². The van der Waals surface area contributed by atoms with Gasteiger partial charge in [0, 0.05) is 11.8 Å². The maximum absolute atomic E-state index is 13.6. The molecular weight excluding hydrogens is 533 g/mol. The molecule has 0 spiro atoms. The van der Waals surface area contributed by atoms with Crippen LogP contribution in [0.3, 0.4) is 0 Å². The van der Waals surface area contributed by atoms with Gasteiger partial charge in [-0.1, -0.05) is 30.4 Å². The summed E-state index contributed by atoms with van der Waals surface area (Å²) in [5, 5.41) is 12.2. The SMILES string of the molecule is Cc1cn([C@H]2O[C@@H](COP(=O)(N[C@@H](C)C(=O)OC(C)C)Oc3ccccc3)[C@@H](O)C2Cl)c(=O)[nH]c1=S. The van der Waals surface area contributed by atoms with E-state index in [0.717, 1.165) is 0 Å². The smallest absolute Gasteiger partial charge is 0.459 e. The Morgan fingerprint density at radius 1 is 1.33 bits per heavy atom. The molecule has 0 saturated carbocycles. The van der Waals surface area contributed by atoms with Crippen molar-refractivity contribution in [2.75, 3.05) is 6.61 Å². The van der Waals surface area contributed by atoms with E-state index in [9.17, 15) is 19.3 Å². The lowest BCUT2D eigenvalue weighted by molar-refractivity contribution is -0.149. The highest BCUT2D eigenvalue weighted by molar-refractivity contribution is 7.71. The third-order valence-corrected chi connectivity index (χ3v) is 7.69. The standard InChI is InChI=1S/C22H29ClN3O8PS/c1-12(2)32-21(28)14(4)25-35(30,34-15-8-6-5-7-9-15)31-11-16-18(27)17(23)20(33-16)26-10-13(3)19(36)24-22(26)29/h5-10,12,14,16-18,20,27H,11H2,1-4H3,(H,25,30)(H,24,29,36)/t14-,16-,17?,18+,20-,35?/m0/s1. The number of carbonyl (C=O) groups is 1. The Labute approximate surface area is 218 Å². The number of hydrogen-bond acceptors (Lipinski definition) is 9. The normalized spacial score (nSPS) is 24.3. The lowest BCUT2D eigenvalue weighted by atomic mass is 10.2. The summed E-state index contributed by atoms with van der Waals surface area (Å²) < 4.78 is 37.2. The molecule has 1 aliphatic rings. The van der Waals surface area contributed by atoms with Gasteiger partial charge in [-0.05, 0) is 39.8 Å². The minimum Gasteiger partial charge on any atom is -0.462 e. The van der Waals surface area contributed by atoms with Gasteiger partial charge in [0.05, 0.1) is 12.7 Å². The van der Waals surface area contributed by atoms with E-state index in [1.54, 1.807) is 51.1 Å². The lowest BCUT2D eigenvalue weighted by Crippen LogP contribution is -2.37. The van der Waals surface area contributed by atoms with Crippen LogP contribution in [-0.4, -0.2) is 57.0 Å². The monoisotopic (exact) mass is 561 g/mol. The van der Waals surface area contributed by atoms with Crippen molar-refractivity contribution >= 4 is 37.5 Å². The minimum absolute atomic E-state index is 0.223. The van der Waals surface area contributed by atoms with Gasteiger partial charge in [0.25, 0.3) is 0 Å². The number of rotatable bonds is 10. The van der Waals surface area contributed by atoms with E-state index in [2.05, 4.69) is 10.1 Å². The van der Waals surface area contributed by atoms with Crippen LogP contribution in [-0.2, 0) is 23.4 Å². The Hall–Kier alpha value is -2.05. The second kappa shape index (κ2) is 12.0. The van der Waals surface area contributed by atoms with E-state index in [0.29, 0.717) is 5.56 Å². The van der Waals surface area contributed by atoms with Crippen molar-refractivity contribution in [3.8, 4) is 5.75 Å². The molecule has 2 heterocycles. The number of alkyl halides is 1. The second-order valence-corrected chi connectivity index (χ2v) is 11.1. The zero-order chi connectivity index (χ0) is 26.6. The molecule has 0 bridgehead atoms. The van der Waals surface area contributed by atoms with E-state index in [1.165, 1.54) is 17.7 Å². The molecule has 1 saturated heterocycles. The highest BCUT2D eigenvalue weighted by Gasteiger charge is 2.45. The van der Waals surface area contributed by atoms with E-state index in [4.69, 9.17) is 42.3 Å². The zero-order valence-electron chi connectivity index (χ0n) is 20.1. The average Bonchev–Trinajstić information content (AvgIpc) is 3.08. The molecule has 0 radical (unpaired) electrons. The first-order chi connectivity index (χ1) is 16.9. The molecule has 6 atom stereocenters. The van der Waals surface area contributed by atoms with Crippen molar-refractivity contribution in [1.82, 2.24) is 14.6 Å². The molecule has 36 heavy (non-hydrogen) atoms. The quantitative estimate of drug-likeness (QED) is 0.171. The molecule has 3 N–H and O–H groups in total. The molecule has 1 aromatic carbocycles. The molecule has 1 aromatic heterocycles. The number of benzene rings is 1. The van der Waals surface area contributed by atoms with Crippen LogP contribution in [0.15, 0.2) is 41.3 Å². The van der Waals surface area contributed by atoms with Crippen LogP contribution >= 0.6 is 31.6 Å². The summed E-state index contributed by atoms with van der Waals surface area (Å²) in [4.78, 5) is 27.2. The number of halogens is 1. The minimum atomic E-state index is -4.18. The first-order valence-corrected chi connectivity index (χ1v) is 13.6. The Balaban J connectivity index is 1.77. The Morgan fingerprint density at radius 2 is 2.00 bits per heavy atom. The Morgan fingerprint density at radius 3 is 2.64 bits per heavy atom. The molecule has 2 aromatic rings. The highest BCUT2D eigenvalue weighted by atomic mass is 35.5. The molecular formula is C22H29ClN3O8PS. The predicted molar refractivity (Wildman–Crippen MR) is 135 cm³/mol. The number of aryl methyl sites for hydroxylation is 1. The first kappa shape index (κ1) is 28.5. The number of carbonyl (C=O) groups excluding carboxylic acids is 1. The second-order valence-electron chi connectivity index (χ2n) is 8.51. The topological polar surface area (TPSA) is 141 Å². The van der Waals surface area contributed by atoms with E-state index >= 15 is 0 Å². The van der Waals surface area contributed by atoms with Gasteiger partial charge in [-0.2, -0.15) is 5.09 Å². The van der Waals surface area contributed by atoms with Crippen LogP contribution in [0.25, 0.3) is 0 Å². The molecule has 198 valence electrons. The van der Waals surface area contributed by atoms with Crippen LogP contribution < -0.4 is 15.3 Å². The van der Waals surface area contributed by atoms with Crippen LogP contribution in [0.5, 0.6) is 5.75 Å². The number of aromatic nitrogens is 2. The summed E-state index contributed by atoms with van der Waals surface area (Å²) in [5.41, 5.74) is 0.0470. The molecule has 2 unspecified atom stereocenters. The molecule has 0 amide bonds. The number of aromatic amines is 1. The highest BCUT2D eigenvalue weighted by Crippen LogP contribution is 2.46. The van der Waals surface area contributed by atoms with E-state index in [1.807, 2.05) is 0 Å². The van der Waals surface area contributed by atoms with E-state index in [-0.39, 0.29) is 16.5 Å². The van der Waals surface area contributed by atoms with Gasteiger partial charge in [0.1, 0.15) is 34.0 Å². The van der Waals surface area contributed by atoms with Crippen LogP contribution in [0.2, 0.25) is 0 Å². The van der Waals surface area contributed by atoms with Crippen molar-refractivity contribution in [3.63, 3.8) is 0 Å². The van der Waals surface area contributed by atoms with Crippen molar-refractivity contribution in [2.45, 2.75) is 63.7 Å². The summed E-state index contributed by atoms with van der Waals surface area (Å²) >= 11 is 11.4. The summed E-state index contributed by atoms with van der Waals surface area (Å²) in [6.07, 6.45) is -2.29. The molecule has 11 nitrogen and oxygen atoms in total. The Kier molecular flexibility index (Phi) is 9.50. The molecule has 14 heteroatoms. The number of esters is 1. The summed E-state index contributed by atoms with van der Waals surface area (Å²) in [7, 11) is -4.18. The summed E-state index contributed by atoms with van der Waals surface area (Å²) in [6.45, 7) is 6.10. The van der Waals surface area contributed by atoms with Crippen molar-refractivity contribution in [2.24, 2.45) is 0 Å². The number of nitrogens with zero attached hydrogens (tertiary/aromatic N) is 1. The molecule has 0 aliphatic carbocycles. The Bertz CT molecular complexity index is 1220. The van der Waals surface area contributed by atoms with Crippen LogP contribution in [0, 0.1) is 11.6 Å². The van der Waals surface area contributed by atoms with Crippen LogP contribution in [0.1, 0.15) is 32.6 Å². The number of para-hydroxylation sites is 1. The average molecular weight is 562 g/mol. The van der Waals surface area contributed by atoms with Gasteiger partial charge >= 0.3 is 19.4 Å². The largest absolute Gasteiger partial charge is 0.462 e. The fourth-order valence-electron chi connectivity index (χ4n) is 3.35. The number of aliphatic hydroxyl groups excluding tert-OH is 1.